The zero-order valence-electron chi connectivity index (χ0n) is 12.5. The van der Waals surface area contributed by atoms with Crippen molar-refractivity contribution in [1.29, 1.82) is 0 Å². The number of benzene rings is 1. The summed E-state index contributed by atoms with van der Waals surface area (Å²) in [5, 5.41) is 0. The van der Waals surface area contributed by atoms with Crippen LogP contribution < -0.4 is 9.47 Å². The highest BCUT2D eigenvalue weighted by Gasteiger charge is 2.29. The molecule has 0 N–H and O–H groups in total. The molecule has 1 heterocycles. The number of Topliss-reactive ketones (excluding diaryl/α,β-unsaturated/α-hetero) is 1. The smallest absolute Gasteiger partial charge is 0.196 e. The van der Waals surface area contributed by atoms with Gasteiger partial charge in [-0.1, -0.05) is 6.92 Å². The van der Waals surface area contributed by atoms with Gasteiger partial charge in [0.05, 0.1) is 26.4 Å². The van der Waals surface area contributed by atoms with Gasteiger partial charge in [0.25, 0.3) is 0 Å². The zero-order valence-corrected chi connectivity index (χ0v) is 14.1. The molecule has 1 atom stereocenters. The van der Waals surface area contributed by atoms with E-state index >= 15 is 0 Å². The van der Waals surface area contributed by atoms with Gasteiger partial charge in [-0.15, -0.1) is 0 Å². The number of ketones is 1. The first kappa shape index (κ1) is 16.3. The molecule has 1 aliphatic rings. The molecule has 0 saturated carbocycles. The number of hydrogen-bond donors (Lipinski definition) is 0. The number of hydrogen-bond acceptors (Lipinski definition) is 5. The van der Waals surface area contributed by atoms with Crippen LogP contribution in [0.2, 0.25) is 0 Å². The minimum Gasteiger partial charge on any atom is -0.495 e. The van der Waals surface area contributed by atoms with Gasteiger partial charge in [0, 0.05) is 13.1 Å². The van der Waals surface area contributed by atoms with E-state index in [1.165, 1.54) is 7.11 Å². The van der Waals surface area contributed by atoms with E-state index in [1.54, 1.807) is 19.2 Å². The summed E-state index contributed by atoms with van der Waals surface area (Å²) in [6, 6.07) is 3.47. The minimum absolute atomic E-state index is 0.0617. The summed E-state index contributed by atoms with van der Waals surface area (Å²) in [5.74, 6) is 1.05. The largest absolute Gasteiger partial charge is 0.495 e. The molecule has 21 heavy (non-hydrogen) atoms. The lowest BCUT2D eigenvalue weighted by molar-refractivity contribution is -0.0149. The van der Waals surface area contributed by atoms with E-state index in [0.29, 0.717) is 34.7 Å². The maximum Gasteiger partial charge on any atom is 0.196 e. The molecular formula is C15H20BrNO4. The van der Waals surface area contributed by atoms with Crippen molar-refractivity contribution in [3.05, 3.63) is 22.2 Å². The van der Waals surface area contributed by atoms with Crippen molar-refractivity contribution >= 4 is 21.7 Å². The molecule has 0 spiro atoms. The Balaban J connectivity index is 2.28. The van der Waals surface area contributed by atoms with Crippen molar-refractivity contribution in [2.45, 2.75) is 13.0 Å². The molecule has 0 amide bonds. The molecule has 0 aliphatic carbocycles. The Hall–Kier alpha value is -1.11. The molecule has 1 fully saturated rings. The van der Waals surface area contributed by atoms with Crippen LogP contribution in [0.3, 0.4) is 0 Å². The third-order valence-electron chi connectivity index (χ3n) is 3.64. The van der Waals surface area contributed by atoms with Gasteiger partial charge in [-0.3, -0.25) is 9.69 Å². The van der Waals surface area contributed by atoms with Gasteiger partial charge < -0.3 is 14.2 Å². The Labute approximate surface area is 133 Å². The van der Waals surface area contributed by atoms with E-state index in [2.05, 4.69) is 27.8 Å². The second kappa shape index (κ2) is 7.24. The van der Waals surface area contributed by atoms with Crippen LogP contribution in [0.25, 0.3) is 0 Å². The number of carbonyl (C=O) groups excluding carboxylic acids is 1. The summed E-state index contributed by atoms with van der Waals surface area (Å²) in [6.45, 7) is 5.05. The number of methoxy groups -OCH3 is 2. The fourth-order valence-electron chi connectivity index (χ4n) is 2.41. The highest BCUT2D eigenvalue weighted by Crippen LogP contribution is 2.37. The predicted octanol–water partition coefficient (Wildman–Crippen LogP) is 2.37. The summed E-state index contributed by atoms with van der Waals surface area (Å²) in [6.07, 6.45) is -0.451. The molecule has 116 valence electrons. The number of morpholine rings is 1. The predicted molar refractivity (Wildman–Crippen MR) is 83.4 cm³/mol. The lowest BCUT2D eigenvalue weighted by atomic mass is 10.0. The molecule has 1 unspecified atom stereocenters. The van der Waals surface area contributed by atoms with Gasteiger partial charge in [-0.05, 0) is 34.6 Å². The molecule has 1 saturated heterocycles. The van der Waals surface area contributed by atoms with Crippen molar-refractivity contribution in [3.63, 3.8) is 0 Å². The maximum absolute atomic E-state index is 12.7. The van der Waals surface area contributed by atoms with Gasteiger partial charge in [0.15, 0.2) is 5.78 Å². The molecule has 0 aromatic heterocycles. The fraction of sp³-hybridized carbons (Fsp3) is 0.533. The second-order valence-electron chi connectivity index (χ2n) is 4.78. The molecule has 5 nitrogen and oxygen atoms in total. The third-order valence-corrected chi connectivity index (χ3v) is 4.39. The van der Waals surface area contributed by atoms with Gasteiger partial charge in [0.2, 0.25) is 0 Å². The van der Waals surface area contributed by atoms with Crippen molar-refractivity contribution in [2.75, 3.05) is 40.5 Å². The summed E-state index contributed by atoms with van der Waals surface area (Å²) in [7, 11) is 3.11. The Bertz CT molecular complexity index is 521. The van der Waals surface area contributed by atoms with Crippen molar-refractivity contribution < 1.29 is 19.0 Å². The Morgan fingerprint density at radius 1 is 1.43 bits per heavy atom. The van der Waals surface area contributed by atoms with Crippen LogP contribution in [0.1, 0.15) is 17.3 Å². The van der Waals surface area contributed by atoms with Gasteiger partial charge in [-0.25, -0.2) is 0 Å². The van der Waals surface area contributed by atoms with E-state index in [1.807, 2.05) is 0 Å². The maximum atomic E-state index is 12.7. The number of nitrogens with zero attached hydrogens (tertiary/aromatic N) is 1. The van der Waals surface area contributed by atoms with E-state index < -0.39 is 6.10 Å². The summed E-state index contributed by atoms with van der Waals surface area (Å²) in [5.41, 5.74) is 0.508. The number of halogens is 1. The van der Waals surface area contributed by atoms with Crippen LogP contribution in [0.15, 0.2) is 16.6 Å². The molecule has 1 aromatic carbocycles. The summed E-state index contributed by atoms with van der Waals surface area (Å²) >= 11 is 3.42. The SMILES string of the molecule is CCN1CCOC(C(=O)c2ccc(OC)c(Br)c2OC)C1. The Morgan fingerprint density at radius 3 is 2.81 bits per heavy atom. The Kier molecular flexibility index (Phi) is 5.61. The highest BCUT2D eigenvalue weighted by atomic mass is 79.9. The van der Waals surface area contributed by atoms with Crippen LogP contribution in [-0.4, -0.2) is 57.2 Å². The zero-order chi connectivity index (χ0) is 15.4. The van der Waals surface area contributed by atoms with Crippen LogP contribution >= 0.6 is 15.9 Å². The fourth-order valence-corrected chi connectivity index (χ4v) is 3.08. The van der Waals surface area contributed by atoms with Crippen molar-refractivity contribution in [3.8, 4) is 11.5 Å². The Morgan fingerprint density at radius 2 is 2.19 bits per heavy atom. The molecule has 1 aromatic rings. The molecular weight excluding hydrogens is 338 g/mol. The quantitative estimate of drug-likeness (QED) is 0.757. The molecule has 2 rings (SSSR count). The minimum atomic E-state index is -0.451. The van der Waals surface area contributed by atoms with E-state index in [9.17, 15) is 4.79 Å². The lowest BCUT2D eigenvalue weighted by Crippen LogP contribution is -2.45. The van der Waals surface area contributed by atoms with Crippen LogP contribution in [0.5, 0.6) is 11.5 Å². The number of rotatable bonds is 5. The topological polar surface area (TPSA) is 48.0 Å². The van der Waals surface area contributed by atoms with E-state index in [4.69, 9.17) is 14.2 Å². The molecule has 1 aliphatic heterocycles. The monoisotopic (exact) mass is 357 g/mol. The van der Waals surface area contributed by atoms with Gasteiger partial charge >= 0.3 is 0 Å². The first-order valence-corrected chi connectivity index (χ1v) is 7.70. The highest BCUT2D eigenvalue weighted by molar-refractivity contribution is 9.10. The van der Waals surface area contributed by atoms with E-state index in [0.717, 1.165) is 13.1 Å². The second-order valence-corrected chi connectivity index (χ2v) is 5.57. The first-order valence-electron chi connectivity index (χ1n) is 6.91. The van der Waals surface area contributed by atoms with Crippen molar-refractivity contribution in [2.24, 2.45) is 0 Å². The van der Waals surface area contributed by atoms with Crippen LogP contribution in [0.4, 0.5) is 0 Å². The number of carbonyl (C=O) groups is 1. The lowest BCUT2D eigenvalue weighted by Gasteiger charge is -2.31. The van der Waals surface area contributed by atoms with Crippen LogP contribution in [0, 0.1) is 0 Å². The standard InChI is InChI=1S/C15H20BrNO4/c1-4-17-7-8-21-12(9-17)14(18)10-5-6-11(19-2)13(16)15(10)20-3/h5-6,12H,4,7-9H2,1-3H3. The summed E-state index contributed by atoms with van der Waals surface area (Å²) in [4.78, 5) is 14.9. The van der Waals surface area contributed by atoms with Gasteiger partial charge in [-0.2, -0.15) is 0 Å². The molecule has 6 heteroatoms. The summed E-state index contributed by atoms with van der Waals surface area (Å²) < 4.78 is 16.9. The first-order chi connectivity index (χ1) is 10.1. The van der Waals surface area contributed by atoms with Gasteiger partial charge in [0.1, 0.15) is 22.1 Å². The number of ether oxygens (including phenoxy) is 3. The average Bonchev–Trinajstić information content (AvgIpc) is 2.53. The molecule has 0 bridgehead atoms. The van der Waals surface area contributed by atoms with E-state index in [-0.39, 0.29) is 5.78 Å². The normalized spacial score (nSPS) is 19.3. The third kappa shape index (κ3) is 3.39. The molecule has 0 radical (unpaired) electrons. The van der Waals surface area contributed by atoms with Crippen LogP contribution in [-0.2, 0) is 4.74 Å². The average molecular weight is 358 g/mol. The van der Waals surface area contributed by atoms with Crippen molar-refractivity contribution in [1.82, 2.24) is 4.90 Å². The number of likely N-dealkylation sites (N-methyl/N-ethyl adjacent to an activating group) is 1.